The Morgan fingerprint density at radius 2 is 2.11 bits per heavy atom. The summed E-state index contributed by atoms with van der Waals surface area (Å²) in [6, 6.07) is 0. The normalized spacial score (nSPS) is 19.0. The first-order valence-corrected chi connectivity index (χ1v) is 7.39. The molecule has 1 aliphatic heterocycles. The highest BCUT2D eigenvalue weighted by atomic mass is 16.5. The van der Waals surface area contributed by atoms with Crippen LogP contribution < -0.4 is 5.32 Å². The summed E-state index contributed by atoms with van der Waals surface area (Å²) in [5.74, 6) is 2.74. The van der Waals surface area contributed by atoms with E-state index in [1.165, 1.54) is 19.3 Å². The molecule has 0 aliphatic carbocycles. The lowest BCUT2D eigenvalue weighted by Gasteiger charge is -2.19. The Labute approximate surface area is 110 Å². The molecule has 1 N–H and O–H groups in total. The molecule has 1 aromatic rings. The van der Waals surface area contributed by atoms with Crippen LogP contribution in [0.2, 0.25) is 0 Å². The van der Waals surface area contributed by atoms with E-state index in [2.05, 4.69) is 29.3 Å². The van der Waals surface area contributed by atoms with Gasteiger partial charge in [-0.25, -0.2) is 0 Å². The van der Waals surface area contributed by atoms with E-state index in [4.69, 9.17) is 4.52 Å². The smallest absolute Gasteiger partial charge is 0.229 e. The van der Waals surface area contributed by atoms with Crippen molar-refractivity contribution in [1.82, 2.24) is 15.5 Å². The second-order valence-corrected chi connectivity index (χ2v) is 5.26. The summed E-state index contributed by atoms with van der Waals surface area (Å²) in [4.78, 5) is 4.65. The minimum Gasteiger partial charge on any atom is -0.339 e. The topological polar surface area (TPSA) is 51.0 Å². The van der Waals surface area contributed by atoms with Gasteiger partial charge in [-0.05, 0) is 38.8 Å². The Balaban J connectivity index is 1.98. The van der Waals surface area contributed by atoms with Gasteiger partial charge in [-0.15, -0.1) is 0 Å². The molecule has 1 saturated heterocycles. The molecule has 18 heavy (non-hydrogen) atoms. The summed E-state index contributed by atoms with van der Waals surface area (Å²) in [7, 11) is 0. The fraction of sp³-hybridized carbons (Fsp3) is 0.857. The van der Waals surface area contributed by atoms with Crippen LogP contribution in [0.1, 0.15) is 75.9 Å². The van der Waals surface area contributed by atoms with Gasteiger partial charge in [-0.2, -0.15) is 4.98 Å². The minimum atomic E-state index is 0.452. The molecule has 4 heteroatoms. The average molecular weight is 251 g/mol. The summed E-state index contributed by atoms with van der Waals surface area (Å²) in [6.45, 7) is 6.57. The highest BCUT2D eigenvalue weighted by Crippen LogP contribution is 2.27. The summed E-state index contributed by atoms with van der Waals surface area (Å²) < 4.78 is 5.49. The minimum absolute atomic E-state index is 0.452. The van der Waals surface area contributed by atoms with Crippen LogP contribution in [0.4, 0.5) is 0 Å². The molecule has 2 rings (SSSR count). The van der Waals surface area contributed by atoms with Crippen LogP contribution in [0.3, 0.4) is 0 Å². The second-order valence-electron chi connectivity index (χ2n) is 5.26. The molecule has 1 unspecified atom stereocenters. The third-order valence-electron chi connectivity index (χ3n) is 3.91. The van der Waals surface area contributed by atoms with Gasteiger partial charge in [0.25, 0.3) is 0 Å². The number of aromatic nitrogens is 2. The van der Waals surface area contributed by atoms with E-state index >= 15 is 0 Å². The number of unbranched alkanes of at least 4 members (excludes halogenated alkanes) is 1. The molecule has 1 aromatic heterocycles. The lowest BCUT2D eigenvalue weighted by molar-refractivity contribution is 0.331. The van der Waals surface area contributed by atoms with Crippen molar-refractivity contribution in [1.29, 1.82) is 0 Å². The molecule has 0 spiro atoms. The molecule has 0 saturated carbocycles. The number of hydrogen-bond acceptors (Lipinski definition) is 4. The van der Waals surface area contributed by atoms with Gasteiger partial charge >= 0.3 is 0 Å². The predicted octanol–water partition coefficient (Wildman–Crippen LogP) is 3.22. The zero-order chi connectivity index (χ0) is 12.8. The van der Waals surface area contributed by atoms with Crippen molar-refractivity contribution < 1.29 is 4.52 Å². The monoisotopic (exact) mass is 251 g/mol. The van der Waals surface area contributed by atoms with Gasteiger partial charge in [-0.3, -0.25) is 0 Å². The number of piperidine rings is 1. The van der Waals surface area contributed by atoms with E-state index in [1.807, 2.05) is 0 Å². The SMILES string of the molecule is CCCCC(CC)c1nc(C2CCNCC2)no1. The van der Waals surface area contributed by atoms with Crippen LogP contribution in [0.25, 0.3) is 0 Å². The van der Waals surface area contributed by atoms with E-state index in [-0.39, 0.29) is 0 Å². The molecular weight excluding hydrogens is 226 g/mol. The van der Waals surface area contributed by atoms with Crippen molar-refractivity contribution in [2.45, 2.75) is 64.2 Å². The zero-order valence-corrected chi connectivity index (χ0v) is 11.6. The first-order valence-electron chi connectivity index (χ1n) is 7.39. The molecule has 1 aliphatic rings. The standard InChI is InChI=1S/C14H25N3O/c1-3-5-6-11(4-2)14-16-13(17-18-14)12-7-9-15-10-8-12/h11-12,15H,3-10H2,1-2H3. The van der Waals surface area contributed by atoms with Crippen molar-refractivity contribution in [2.24, 2.45) is 0 Å². The number of hydrogen-bond donors (Lipinski definition) is 1. The van der Waals surface area contributed by atoms with Crippen molar-refractivity contribution in [3.8, 4) is 0 Å². The third-order valence-corrected chi connectivity index (χ3v) is 3.91. The first-order chi connectivity index (χ1) is 8.85. The van der Waals surface area contributed by atoms with Crippen molar-refractivity contribution >= 4 is 0 Å². The van der Waals surface area contributed by atoms with E-state index < -0.39 is 0 Å². The Morgan fingerprint density at radius 1 is 1.33 bits per heavy atom. The van der Waals surface area contributed by atoms with E-state index in [1.54, 1.807) is 0 Å². The average Bonchev–Trinajstić information content (AvgIpc) is 2.90. The van der Waals surface area contributed by atoms with Crippen LogP contribution in [-0.2, 0) is 0 Å². The number of nitrogens with zero attached hydrogens (tertiary/aromatic N) is 2. The molecule has 102 valence electrons. The highest BCUT2D eigenvalue weighted by Gasteiger charge is 2.23. The number of rotatable bonds is 6. The van der Waals surface area contributed by atoms with Crippen LogP contribution in [0.5, 0.6) is 0 Å². The Kier molecular flexibility index (Phi) is 5.17. The lowest BCUT2D eigenvalue weighted by Crippen LogP contribution is -2.27. The molecule has 1 fully saturated rings. The zero-order valence-electron chi connectivity index (χ0n) is 11.6. The van der Waals surface area contributed by atoms with Gasteiger partial charge in [0.15, 0.2) is 5.82 Å². The summed E-state index contributed by atoms with van der Waals surface area (Å²) >= 11 is 0. The summed E-state index contributed by atoms with van der Waals surface area (Å²) in [5, 5.41) is 7.57. The Hall–Kier alpha value is -0.900. The molecule has 0 amide bonds. The maximum atomic E-state index is 5.49. The fourth-order valence-corrected chi connectivity index (χ4v) is 2.61. The van der Waals surface area contributed by atoms with Crippen LogP contribution in [0, 0.1) is 0 Å². The molecular formula is C14H25N3O. The lowest BCUT2D eigenvalue weighted by atomic mass is 9.97. The fourth-order valence-electron chi connectivity index (χ4n) is 2.61. The van der Waals surface area contributed by atoms with Gasteiger partial charge in [-0.1, -0.05) is 31.8 Å². The van der Waals surface area contributed by atoms with Crippen molar-refractivity contribution in [3.05, 3.63) is 11.7 Å². The van der Waals surface area contributed by atoms with Crippen LogP contribution in [-0.4, -0.2) is 23.2 Å². The molecule has 1 atom stereocenters. The van der Waals surface area contributed by atoms with Crippen molar-refractivity contribution in [2.75, 3.05) is 13.1 Å². The maximum Gasteiger partial charge on any atom is 0.229 e. The maximum absolute atomic E-state index is 5.49. The number of nitrogens with one attached hydrogen (secondary N) is 1. The summed E-state index contributed by atoms with van der Waals surface area (Å²) in [6.07, 6.45) is 6.99. The largest absolute Gasteiger partial charge is 0.339 e. The molecule has 2 heterocycles. The van der Waals surface area contributed by atoms with Gasteiger partial charge < -0.3 is 9.84 Å². The third kappa shape index (κ3) is 3.31. The molecule has 0 bridgehead atoms. The van der Waals surface area contributed by atoms with Crippen molar-refractivity contribution in [3.63, 3.8) is 0 Å². The Bertz CT molecular complexity index is 345. The van der Waals surface area contributed by atoms with E-state index in [0.29, 0.717) is 11.8 Å². The van der Waals surface area contributed by atoms with E-state index in [9.17, 15) is 0 Å². The van der Waals surface area contributed by atoms with Gasteiger partial charge in [0.05, 0.1) is 0 Å². The molecule has 0 aromatic carbocycles. The van der Waals surface area contributed by atoms with E-state index in [0.717, 1.165) is 44.1 Å². The summed E-state index contributed by atoms with van der Waals surface area (Å²) in [5.41, 5.74) is 0. The van der Waals surface area contributed by atoms with Crippen LogP contribution in [0.15, 0.2) is 4.52 Å². The van der Waals surface area contributed by atoms with Crippen LogP contribution >= 0.6 is 0 Å². The van der Waals surface area contributed by atoms with Gasteiger partial charge in [0.1, 0.15) is 0 Å². The quantitative estimate of drug-likeness (QED) is 0.843. The van der Waals surface area contributed by atoms with Gasteiger partial charge in [0, 0.05) is 11.8 Å². The predicted molar refractivity (Wildman–Crippen MR) is 71.7 cm³/mol. The molecule has 4 nitrogen and oxygen atoms in total. The Morgan fingerprint density at radius 3 is 2.78 bits per heavy atom. The molecule has 0 radical (unpaired) electrons. The first kappa shape index (κ1) is 13.5. The highest BCUT2D eigenvalue weighted by molar-refractivity contribution is 5.00. The second kappa shape index (κ2) is 6.88. The van der Waals surface area contributed by atoms with Gasteiger partial charge in [0.2, 0.25) is 5.89 Å².